The molecule has 1 aromatic carbocycles. The standard InChI is InChI=1S/C12H15FN4S/c1-6-4-7(2)10(9(13)5-6)11(15-14)12-8(3)16-17-18-12/h4-5,11,15H,14H2,1-3H3. The molecule has 0 saturated carbocycles. The maximum atomic E-state index is 14.1. The molecule has 1 unspecified atom stereocenters. The number of benzene rings is 1. The molecule has 4 nitrogen and oxygen atoms in total. The minimum atomic E-state index is -0.411. The summed E-state index contributed by atoms with van der Waals surface area (Å²) in [5, 5.41) is 3.94. The van der Waals surface area contributed by atoms with Gasteiger partial charge < -0.3 is 0 Å². The highest BCUT2D eigenvalue weighted by molar-refractivity contribution is 7.05. The summed E-state index contributed by atoms with van der Waals surface area (Å²) < 4.78 is 18.0. The van der Waals surface area contributed by atoms with E-state index in [1.54, 1.807) is 0 Å². The van der Waals surface area contributed by atoms with Crippen LogP contribution in [-0.2, 0) is 0 Å². The summed E-state index contributed by atoms with van der Waals surface area (Å²) in [4.78, 5) is 0.836. The molecule has 96 valence electrons. The average Bonchev–Trinajstić information content (AvgIpc) is 2.69. The summed E-state index contributed by atoms with van der Waals surface area (Å²) in [6.07, 6.45) is 0. The topological polar surface area (TPSA) is 63.8 Å². The van der Waals surface area contributed by atoms with Crippen molar-refractivity contribution in [3.05, 3.63) is 45.2 Å². The molecular formula is C12H15FN4S. The molecule has 2 aromatic rings. The molecule has 6 heteroatoms. The molecule has 3 N–H and O–H groups in total. The number of aryl methyl sites for hydroxylation is 3. The smallest absolute Gasteiger partial charge is 0.128 e. The monoisotopic (exact) mass is 266 g/mol. The van der Waals surface area contributed by atoms with E-state index >= 15 is 0 Å². The third kappa shape index (κ3) is 2.27. The van der Waals surface area contributed by atoms with E-state index in [4.69, 9.17) is 5.84 Å². The minimum absolute atomic E-state index is 0.261. The fourth-order valence-electron chi connectivity index (χ4n) is 2.09. The molecule has 0 aliphatic carbocycles. The van der Waals surface area contributed by atoms with Crippen molar-refractivity contribution in [3.63, 3.8) is 0 Å². The molecule has 0 aliphatic rings. The van der Waals surface area contributed by atoms with Gasteiger partial charge in [0.1, 0.15) is 5.82 Å². The summed E-state index contributed by atoms with van der Waals surface area (Å²) in [6.45, 7) is 5.58. The largest absolute Gasteiger partial charge is 0.271 e. The zero-order chi connectivity index (χ0) is 13.3. The second kappa shape index (κ2) is 5.09. The Hall–Kier alpha value is -1.37. The van der Waals surface area contributed by atoms with E-state index < -0.39 is 6.04 Å². The molecule has 1 aromatic heterocycles. The molecule has 18 heavy (non-hydrogen) atoms. The first-order valence-corrected chi connectivity index (χ1v) is 6.33. The molecule has 0 amide bonds. The third-order valence-electron chi connectivity index (χ3n) is 2.88. The van der Waals surface area contributed by atoms with Gasteiger partial charge in [-0.25, -0.2) is 9.82 Å². The number of nitrogens with zero attached hydrogens (tertiary/aromatic N) is 2. The van der Waals surface area contributed by atoms with Gasteiger partial charge in [0.2, 0.25) is 0 Å². The SMILES string of the molecule is Cc1cc(C)c(C(NN)c2snnc2C)c(F)c1. The Labute approximate surface area is 109 Å². The van der Waals surface area contributed by atoms with Crippen molar-refractivity contribution < 1.29 is 4.39 Å². The van der Waals surface area contributed by atoms with E-state index in [1.165, 1.54) is 17.6 Å². The number of halogens is 1. The first-order valence-electron chi connectivity index (χ1n) is 5.56. The van der Waals surface area contributed by atoms with Crippen LogP contribution in [0.25, 0.3) is 0 Å². The maximum Gasteiger partial charge on any atom is 0.128 e. The van der Waals surface area contributed by atoms with Gasteiger partial charge >= 0.3 is 0 Å². The normalized spacial score (nSPS) is 12.7. The highest BCUT2D eigenvalue weighted by Gasteiger charge is 2.23. The number of hydrogen-bond acceptors (Lipinski definition) is 5. The van der Waals surface area contributed by atoms with Crippen LogP contribution in [0.5, 0.6) is 0 Å². The molecule has 0 saturated heterocycles. The predicted molar refractivity (Wildman–Crippen MR) is 69.7 cm³/mol. The molecule has 1 atom stereocenters. The van der Waals surface area contributed by atoms with Crippen LogP contribution >= 0.6 is 11.5 Å². The predicted octanol–water partition coefficient (Wildman–Crippen LogP) is 2.16. The van der Waals surface area contributed by atoms with Crippen LogP contribution in [0, 0.1) is 26.6 Å². The summed E-state index contributed by atoms with van der Waals surface area (Å²) in [7, 11) is 0. The van der Waals surface area contributed by atoms with E-state index in [9.17, 15) is 4.39 Å². The number of rotatable bonds is 3. The minimum Gasteiger partial charge on any atom is -0.271 e. The van der Waals surface area contributed by atoms with Crippen molar-refractivity contribution in [1.82, 2.24) is 15.0 Å². The quantitative estimate of drug-likeness (QED) is 0.660. The van der Waals surface area contributed by atoms with Crippen LogP contribution in [-0.4, -0.2) is 9.59 Å². The molecule has 0 aliphatic heterocycles. The Bertz CT molecular complexity index is 544. The molecular weight excluding hydrogens is 251 g/mol. The molecule has 2 rings (SSSR count). The second-order valence-electron chi connectivity index (χ2n) is 4.30. The van der Waals surface area contributed by atoms with Gasteiger partial charge in [0.15, 0.2) is 0 Å². The van der Waals surface area contributed by atoms with Gasteiger partial charge in [-0.1, -0.05) is 10.6 Å². The zero-order valence-electron chi connectivity index (χ0n) is 10.5. The van der Waals surface area contributed by atoms with Crippen LogP contribution in [0.4, 0.5) is 4.39 Å². The Morgan fingerprint density at radius 2 is 2.06 bits per heavy atom. The van der Waals surface area contributed by atoms with Crippen molar-refractivity contribution in [2.75, 3.05) is 0 Å². The number of nitrogens with two attached hydrogens (primary N) is 1. The van der Waals surface area contributed by atoms with Crippen molar-refractivity contribution in [1.29, 1.82) is 0 Å². The lowest BCUT2D eigenvalue weighted by atomic mass is 9.97. The summed E-state index contributed by atoms with van der Waals surface area (Å²) >= 11 is 1.23. The Morgan fingerprint density at radius 3 is 2.56 bits per heavy atom. The van der Waals surface area contributed by atoms with Gasteiger partial charge in [-0.3, -0.25) is 5.84 Å². The van der Waals surface area contributed by atoms with E-state index in [2.05, 4.69) is 15.0 Å². The highest BCUT2D eigenvalue weighted by atomic mass is 32.1. The van der Waals surface area contributed by atoms with Gasteiger partial charge in [-0.15, -0.1) is 5.10 Å². The zero-order valence-corrected chi connectivity index (χ0v) is 11.3. The van der Waals surface area contributed by atoms with Crippen LogP contribution in [0.2, 0.25) is 0 Å². The van der Waals surface area contributed by atoms with Crippen molar-refractivity contribution in [2.24, 2.45) is 5.84 Å². The molecule has 1 heterocycles. The van der Waals surface area contributed by atoms with Crippen LogP contribution < -0.4 is 11.3 Å². The lowest BCUT2D eigenvalue weighted by Gasteiger charge is -2.18. The number of hydrazine groups is 1. The van der Waals surface area contributed by atoms with E-state index in [-0.39, 0.29) is 5.82 Å². The van der Waals surface area contributed by atoms with Gasteiger partial charge in [0.05, 0.1) is 16.6 Å². The number of nitrogens with one attached hydrogen (secondary N) is 1. The number of aromatic nitrogens is 2. The molecule has 0 spiro atoms. The summed E-state index contributed by atoms with van der Waals surface area (Å²) in [6, 6.07) is 3.04. The van der Waals surface area contributed by atoms with Gasteiger partial charge in [-0.05, 0) is 49.5 Å². The number of hydrogen-bond donors (Lipinski definition) is 2. The molecule has 0 bridgehead atoms. The Morgan fingerprint density at radius 1 is 1.33 bits per heavy atom. The Kier molecular flexibility index (Phi) is 3.70. The van der Waals surface area contributed by atoms with Crippen LogP contribution in [0.3, 0.4) is 0 Å². The van der Waals surface area contributed by atoms with Crippen LogP contribution in [0.1, 0.15) is 33.3 Å². The van der Waals surface area contributed by atoms with Crippen molar-refractivity contribution >= 4 is 11.5 Å². The summed E-state index contributed by atoms with van der Waals surface area (Å²) in [5.74, 6) is 5.31. The first kappa shape index (κ1) is 13.1. The third-order valence-corrected chi connectivity index (χ3v) is 3.78. The van der Waals surface area contributed by atoms with E-state index in [0.29, 0.717) is 5.56 Å². The second-order valence-corrected chi connectivity index (χ2v) is 5.09. The van der Waals surface area contributed by atoms with Crippen LogP contribution in [0.15, 0.2) is 12.1 Å². The molecule has 0 radical (unpaired) electrons. The Balaban J connectivity index is 2.56. The first-order chi connectivity index (χ1) is 8.54. The maximum absolute atomic E-state index is 14.1. The lowest BCUT2D eigenvalue weighted by molar-refractivity contribution is 0.558. The van der Waals surface area contributed by atoms with E-state index in [1.807, 2.05) is 26.8 Å². The molecule has 0 fully saturated rings. The highest BCUT2D eigenvalue weighted by Crippen LogP contribution is 2.30. The average molecular weight is 266 g/mol. The summed E-state index contributed by atoms with van der Waals surface area (Å²) in [5.41, 5.74) is 5.73. The lowest BCUT2D eigenvalue weighted by Crippen LogP contribution is -2.30. The van der Waals surface area contributed by atoms with Crippen molar-refractivity contribution in [3.8, 4) is 0 Å². The fraction of sp³-hybridized carbons (Fsp3) is 0.333. The van der Waals surface area contributed by atoms with Gasteiger partial charge in [0.25, 0.3) is 0 Å². The van der Waals surface area contributed by atoms with E-state index in [0.717, 1.165) is 21.7 Å². The van der Waals surface area contributed by atoms with Gasteiger partial charge in [-0.2, -0.15) is 0 Å². The van der Waals surface area contributed by atoms with Gasteiger partial charge in [0, 0.05) is 5.56 Å². The van der Waals surface area contributed by atoms with Crippen molar-refractivity contribution in [2.45, 2.75) is 26.8 Å². The fourth-order valence-corrected chi connectivity index (χ4v) is 2.80.